The molecule has 0 saturated heterocycles. The van der Waals surface area contributed by atoms with Gasteiger partial charge in [0.15, 0.2) is 0 Å². The van der Waals surface area contributed by atoms with Gasteiger partial charge < -0.3 is 14.6 Å². The molecule has 1 unspecified atom stereocenters. The van der Waals surface area contributed by atoms with E-state index in [2.05, 4.69) is 15.3 Å². The molecule has 0 radical (unpaired) electrons. The van der Waals surface area contributed by atoms with Gasteiger partial charge >= 0.3 is 5.97 Å². The highest BCUT2D eigenvalue weighted by Crippen LogP contribution is 2.38. The Morgan fingerprint density at radius 1 is 1.05 bits per heavy atom. The predicted molar refractivity (Wildman–Crippen MR) is 144 cm³/mol. The van der Waals surface area contributed by atoms with Crippen molar-refractivity contribution in [2.24, 2.45) is 12.0 Å². The van der Waals surface area contributed by atoms with Gasteiger partial charge in [-0.3, -0.25) is 9.79 Å². The number of thiazole rings is 1. The van der Waals surface area contributed by atoms with Crippen LogP contribution in [0.15, 0.2) is 83.6 Å². The number of anilines is 1. The van der Waals surface area contributed by atoms with Crippen LogP contribution in [-0.2, 0) is 16.6 Å². The standard InChI is InChI=1S/C28H21N5O3S/c1-33-12-11-29-26(33)16-3-7-19(8-4-16)31-25(17-6-10-21-23(14-17)37-15-30-21)24-20-9-5-18(28(35)36-2)13-22(20)32-27(24)34/h3-15,24H,1-2H3,(H,32,34). The second-order valence-electron chi connectivity index (χ2n) is 8.66. The number of benzene rings is 3. The summed E-state index contributed by atoms with van der Waals surface area (Å²) in [6, 6.07) is 18.8. The summed E-state index contributed by atoms with van der Waals surface area (Å²) < 4.78 is 7.80. The first-order valence-electron chi connectivity index (χ1n) is 11.5. The number of aliphatic imine (C=N–C) groups is 1. The van der Waals surface area contributed by atoms with Crippen LogP contribution in [0.4, 0.5) is 11.4 Å². The fourth-order valence-corrected chi connectivity index (χ4v) is 5.27. The largest absolute Gasteiger partial charge is 0.465 e. The number of nitrogens with zero attached hydrogens (tertiary/aromatic N) is 4. The van der Waals surface area contributed by atoms with Crippen molar-refractivity contribution in [3.05, 3.63) is 95.3 Å². The van der Waals surface area contributed by atoms with E-state index in [1.807, 2.05) is 60.3 Å². The van der Waals surface area contributed by atoms with E-state index in [0.29, 0.717) is 22.6 Å². The van der Waals surface area contributed by atoms with Crippen LogP contribution >= 0.6 is 11.3 Å². The van der Waals surface area contributed by atoms with Crippen LogP contribution in [0, 0.1) is 0 Å². The van der Waals surface area contributed by atoms with E-state index in [1.54, 1.807) is 29.9 Å². The number of rotatable bonds is 5. The topological polar surface area (TPSA) is 98.5 Å². The molecule has 0 saturated carbocycles. The first kappa shape index (κ1) is 22.8. The number of nitrogens with one attached hydrogen (secondary N) is 1. The number of aromatic nitrogens is 3. The summed E-state index contributed by atoms with van der Waals surface area (Å²) in [5, 5.41) is 2.92. The van der Waals surface area contributed by atoms with Crippen LogP contribution in [0.25, 0.3) is 21.6 Å². The fourth-order valence-electron chi connectivity index (χ4n) is 4.56. The van der Waals surface area contributed by atoms with Gasteiger partial charge in [-0.25, -0.2) is 14.8 Å². The Morgan fingerprint density at radius 3 is 2.62 bits per heavy atom. The Morgan fingerprint density at radius 2 is 1.86 bits per heavy atom. The normalized spacial score (nSPS) is 15.0. The van der Waals surface area contributed by atoms with Gasteiger partial charge in [0.2, 0.25) is 5.91 Å². The zero-order chi connectivity index (χ0) is 25.5. The molecule has 3 aromatic carbocycles. The van der Waals surface area contributed by atoms with Gasteiger partial charge in [-0.2, -0.15) is 0 Å². The summed E-state index contributed by atoms with van der Waals surface area (Å²) in [7, 11) is 3.28. The van der Waals surface area contributed by atoms with Gasteiger partial charge in [-0.05, 0) is 59.7 Å². The highest BCUT2D eigenvalue weighted by atomic mass is 32.1. The lowest BCUT2D eigenvalue weighted by molar-refractivity contribution is -0.115. The molecule has 1 N–H and O–H groups in total. The molecule has 0 aliphatic carbocycles. The molecular formula is C28H21N5O3S. The van der Waals surface area contributed by atoms with Crippen LogP contribution < -0.4 is 5.32 Å². The van der Waals surface area contributed by atoms with E-state index >= 15 is 0 Å². The maximum Gasteiger partial charge on any atom is 0.337 e. The molecule has 5 aromatic rings. The van der Waals surface area contributed by atoms with Gasteiger partial charge in [0.05, 0.1) is 39.8 Å². The molecule has 8 nitrogen and oxygen atoms in total. The molecule has 182 valence electrons. The van der Waals surface area contributed by atoms with E-state index in [0.717, 1.165) is 32.7 Å². The first-order chi connectivity index (χ1) is 18.0. The number of esters is 1. The molecule has 1 aliphatic rings. The number of imidazole rings is 1. The summed E-state index contributed by atoms with van der Waals surface area (Å²) in [5.41, 5.74) is 7.52. The van der Waals surface area contributed by atoms with Crippen molar-refractivity contribution in [3.63, 3.8) is 0 Å². The van der Waals surface area contributed by atoms with E-state index in [9.17, 15) is 9.59 Å². The number of hydrogen-bond acceptors (Lipinski definition) is 7. The summed E-state index contributed by atoms with van der Waals surface area (Å²) in [6.07, 6.45) is 3.66. The molecule has 0 spiro atoms. The molecule has 1 atom stereocenters. The monoisotopic (exact) mass is 507 g/mol. The summed E-state index contributed by atoms with van der Waals surface area (Å²) in [5.74, 6) is -0.458. The molecule has 1 aliphatic heterocycles. The van der Waals surface area contributed by atoms with Crippen molar-refractivity contribution < 1.29 is 14.3 Å². The number of amides is 1. The third-order valence-electron chi connectivity index (χ3n) is 6.40. The van der Waals surface area contributed by atoms with Crippen LogP contribution in [0.2, 0.25) is 0 Å². The highest BCUT2D eigenvalue weighted by molar-refractivity contribution is 7.16. The van der Waals surface area contributed by atoms with E-state index in [1.165, 1.54) is 18.4 Å². The van der Waals surface area contributed by atoms with Crippen molar-refractivity contribution >= 4 is 50.5 Å². The van der Waals surface area contributed by atoms with Crippen molar-refractivity contribution in [3.8, 4) is 11.4 Å². The molecule has 2 aromatic heterocycles. The maximum atomic E-state index is 13.3. The Kier molecular flexibility index (Phi) is 5.61. The smallest absolute Gasteiger partial charge is 0.337 e. The molecule has 1 amide bonds. The Labute approximate surface area is 216 Å². The van der Waals surface area contributed by atoms with Crippen LogP contribution in [0.5, 0.6) is 0 Å². The lowest BCUT2D eigenvalue weighted by Crippen LogP contribution is -2.22. The molecular weight excluding hydrogens is 486 g/mol. The molecule has 0 fully saturated rings. The number of carbonyl (C=O) groups excluding carboxylic acids is 2. The summed E-state index contributed by atoms with van der Waals surface area (Å²) in [4.78, 5) is 39.1. The predicted octanol–water partition coefficient (Wildman–Crippen LogP) is 5.34. The average Bonchev–Trinajstić information content (AvgIpc) is 3.64. The van der Waals surface area contributed by atoms with Crippen molar-refractivity contribution in [1.82, 2.24) is 14.5 Å². The van der Waals surface area contributed by atoms with Gasteiger partial charge in [0.1, 0.15) is 11.7 Å². The Balaban J connectivity index is 1.46. The lowest BCUT2D eigenvalue weighted by Gasteiger charge is -2.14. The number of fused-ring (bicyclic) bond motifs is 2. The Hall–Kier alpha value is -4.63. The van der Waals surface area contributed by atoms with Crippen molar-refractivity contribution in [2.45, 2.75) is 5.92 Å². The number of aryl methyl sites for hydroxylation is 1. The zero-order valence-electron chi connectivity index (χ0n) is 20.0. The fraction of sp³-hybridized carbons (Fsp3) is 0.107. The quantitative estimate of drug-likeness (QED) is 0.256. The third-order valence-corrected chi connectivity index (χ3v) is 7.19. The van der Waals surface area contributed by atoms with Gasteiger partial charge in [-0.1, -0.05) is 12.1 Å². The minimum Gasteiger partial charge on any atom is -0.465 e. The van der Waals surface area contributed by atoms with Crippen molar-refractivity contribution in [1.29, 1.82) is 0 Å². The van der Waals surface area contributed by atoms with E-state index in [4.69, 9.17) is 9.73 Å². The average molecular weight is 508 g/mol. The first-order valence-corrected chi connectivity index (χ1v) is 12.4. The van der Waals surface area contributed by atoms with Crippen LogP contribution in [-0.4, -0.2) is 39.2 Å². The van der Waals surface area contributed by atoms with E-state index < -0.39 is 11.9 Å². The van der Waals surface area contributed by atoms with Gasteiger partial charge in [0, 0.05) is 30.7 Å². The van der Waals surface area contributed by atoms with Gasteiger partial charge in [-0.15, -0.1) is 11.3 Å². The summed E-state index contributed by atoms with van der Waals surface area (Å²) >= 11 is 1.54. The number of methoxy groups -OCH3 is 1. The van der Waals surface area contributed by atoms with Crippen molar-refractivity contribution in [2.75, 3.05) is 12.4 Å². The lowest BCUT2D eigenvalue weighted by atomic mass is 9.90. The third kappa shape index (κ3) is 4.09. The SMILES string of the molecule is COC(=O)c1ccc2c(c1)NC(=O)C2C(=Nc1ccc(-c2nccn2C)cc1)c1ccc2ncsc2c1. The molecule has 37 heavy (non-hydrogen) atoms. The molecule has 6 rings (SSSR count). The van der Waals surface area contributed by atoms with Crippen LogP contribution in [0.1, 0.15) is 27.4 Å². The minimum absolute atomic E-state index is 0.204. The number of carbonyl (C=O) groups is 2. The van der Waals surface area contributed by atoms with Crippen LogP contribution in [0.3, 0.4) is 0 Å². The van der Waals surface area contributed by atoms with E-state index in [-0.39, 0.29) is 5.91 Å². The number of ether oxygens (including phenoxy) is 1. The number of hydrogen-bond donors (Lipinski definition) is 1. The summed E-state index contributed by atoms with van der Waals surface area (Å²) in [6.45, 7) is 0. The minimum atomic E-state index is -0.652. The Bertz CT molecular complexity index is 1700. The van der Waals surface area contributed by atoms with Gasteiger partial charge in [0.25, 0.3) is 0 Å². The highest BCUT2D eigenvalue weighted by Gasteiger charge is 2.36. The second-order valence-corrected chi connectivity index (χ2v) is 9.54. The second kappa shape index (κ2) is 9.11. The molecule has 3 heterocycles. The zero-order valence-corrected chi connectivity index (χ0v) is 20.8. The molecule has 9 heteroatoms. The molecule has 0 bridgehead atoms. The maximum absolute atomic E-state index is 13.3.